The number of imide groups is 1. The summed E-state index contributed by atoms with van der Waals surface area (Å²) in [4.78, 5) is 41.3. The average molecular weight is 825 g/mol. The number of likely N-dealkylation sites (tertiary alicyclic amines) is 3. The Labute approximate surface area is 338 Å². The predicted octanol–water partition coefficient (Wildman–Crippen LogP) is 4.38. The van der Waals surface area contributed by atoms with Gasteiger partial charge in [0.2, 0.25) is 11.8 Å². The molecule has 59 heavy (non-hydrogen) atoms. The molecule has 7 atom stereocenters. The van der Waals surface area contributed by atoms with Gasteiger partial charge in [-0.25, -0.2) is 14.4 Å². The molecule has 0 spiro atoms. The normalized spacial score (nSPS) is 27.5. The lowest BCUT2D eigenvalue weighted by Gasteiger charge is -2.39. The fourth-order valence-electron chi connectivity index (χ4n) is 9.14. The number of piperidine rings is 2. The molecular formula is C41H48F4N8O6. The average Bonchev–Trinajstić information content (AvgIpc) is 3.75. The van der Waals surface area contributed by atoms with E-state index >= 15 is 4.39 Å². The maximum absolute atomic E-state index is 15.6. The number of carbonyl (C=O) groups excluding carboxylic acids is 2. The SMILES string of the molecule is COc1cc2nc(C)nc(N[C@H](C)c3cc(N)cc(C(F)(F)F)c3)c2cc1O[C@H]1CCN(C2CCN(C3=CC4C(=O)N(C5CCC(O)NC5O)C(=O)C4C=C3F)CC2)C1. The Balaban J connectivity index is 0.915. The number of halogens is 4. The lowest BCUT2D eigenvalue weighted by Crippen LogP contribution is -2.58. The molecule has 8 rings (SSSR count). The van der Waals surface area contributed by atoms with Crippen LogP contribution in [-0.4, -0.2) is 111 Å². The fraction of sp³-hybridized carbons (Fsp3) is 0.512. The number of hydrogen-bond donors (Lipinski definition) is 5. The molecular weight excluding hydrogens is 776 g/mol. The minimum atomic E-state index is -4.55. The maximum atomic E-state index is 15.6. The van der Waals surface area contributed by atoms with Crippen LogP contribution in [0.4, 0.5) is 29.1 Å². The van der Waals surface area contributed by atoms with Crippen LogP contribution in [0.2, 0.25) is 0 Å². The van der Waals surface area contributed by atoms with Crippen molar-refractivity contribution in [2.45, 2.75) is 88.8 Å². The molecule has 0 saturated carbocycles. The molecule has 4 fully saturated rings. The molecule has 2 amide bonds. The van der Waals surface area contributed by atoms with E-state index in [0.717, 1.165) is 42.8 Å². The first-order chi connectivity index (χ1) is 28.1. The van der Waals surface area contributed by atoms with Crippen LogP contribution < -0.4 is 25.8 Å². The number of anilines is 2. The van der Waals surface area contributed by atoms with E-state index in [9.17, 15) is 33.0 Å². The Kier molecular flexibility index (Phi) is 10.9. The summed E-state index contributed by atoms with van der Waals surface area (Å²) in [6, 6.07) is 5.79. The molecule has 5 aliphatic rings. The van der Waals surface area contributed by atoms with Gasteiger partial charge >= 0.3 is 6.18 Å². The Morgan fingerprint density at radius 2 is 1.68 bits per heavy atom. The number of aryl methyl sites for hydroxylation is 1. The van der Waals surface area contributed by atoms with Gasteiger partial charge in [0.1, 0.15) is 36.0 Å². The smallest absolute Gasteiger partial charge is 0.416 e. The van der Waals surface area contributed by atoms with Crippen LogP contribution in [0.3, 0.4) is 0 Å². The van der Waals surface area contributed by atoms with Crippen LogP contribution in [0.15, 0.2) is 54.0 Å². The highest BCUT2D eigenvalue weighted by atomic mass is 19.4. The number of allylic oxidation sites excluding steroid dienone is 1. The van der Waals surface area contributed by atoms with Gasteiger partial charge < -0.3 is 35.6 Å². The van der Waals surface area contributed by atoms with Crippen molar-refractivity contribution < 1.29 is 46.8 Å². The summed E-state index contributed by atoms with van der Waals surface area (Å²) >= 11 is 0. The number of nitrogens with two attached hydrogens (primary N) is 1. The van der Waals surface area contributed by atoms with Crippen molar-refractivity contribution in [1.82, 2.24) is 30.0 Å². The van der Waals surface area contributed by atoms with Gasteiger partial charge in [-0.1, -0.05) is 0 Å². The zero-order valence-corrected chi connectivity index (χ0v) is 32.9. The van der Waals surface area contributed by atoms with Crippen molar-refractivity contribution in [1.29, 1.82) is 0 Å². The summed E-state index contributed by atoms with van der Waals surface area (Å²) in [5.74, 6) is -1.58. The Bertz CT molecular complexity index is 2200. The van der Waals surface area contributed by atoms with Crippen LogP contribution in [0.5, 0.6) is 11.5 Å². The number of amides is 2. The van der Waals surface area contributed by atoms with Crippen LogP contribution >= 0.6 is 0 Å². The van der Waals surface area contributed by atoms with Gasteiger partial charge in [-0.05, 0) is 87.9 Å². The van der Waals surface area contributed by atoms with Crippen LogP contribution in [-0.2, 0) is 15.8 Å². The molecule has 4 saturated heterocycles. The zero-order valence-electron chi connectivity index (χ0n) is 32.9. The lowest BCUT2D eigenvalue weighted by molar-refractivity contribution is -0.149. The summed E-state index contributed by atoms with van der Waals surface area (Å²) in [6.45, 7) is 5.97. The molecule has 4 aliphatic heterocycles. The van der Waals surface area contributed by atoms with Crippen LogP contribution in [0.1, 0.15) is 62.0 Å². The number of hydrogen-bond acceptors (Lipinski definition) is 13. The van der Waals surface area contributed by atoms with Gasteiger partial charge in [-0.3, -0.25) is 24.7 Å². The minimum Gasteiger partial charge on any atom is -0.493 e. The number of nitrogens with one attached hydrogen (secondary N) is 2. The summed E-state index contributed by atoms with van der Waals surface area (Å²) < 4.78 is 68.6. The molecule has 0 bridgehead atoms. The number of benzene rings is 2. The molecule has 1 aliphatic carbocycles. The number of aliphatic hydroxyl groups excluding tert-OH is 2. The van der Waals surface area contributed by atoms with E-state index in [1.54, 1.807) is 32.1 Å². The summed E-state index contributed by atoms with van der Waals surface area (Å²) in [5, 5.41) is 26.7. The number of ether oxygens (including phenoxy) is 2. The molecule has 14 nitrogen and oxygen atoms in total. The van der Waals surface area contributed by atoms with Gasteiger partial charge in [0, 0.05) is 49.4 Å². The molecule has 6 N–H and O–H groups in total. The first kappa shape index (κ1) is 40.7. The number of carbonyl (C=O) groups is 2. The number of aromatic nitrogens is 2. The van der Waals surface area contributed by atoms with Crippen molar-refractivity contribution >= 4 is 34.2 Å². The Morgan fingerprint density at radius 1 is 0.949 bits per heavy atom. The second-order valence-corrected chi connectivity index (χ2v) is 16.1. The molecule has 18 heteroatoms. The van der Waals surface area contributed by atoms with E-state index in [4.69, 9.17) is 15.2 Å². The van der Waals surface area contributed by atoms with E-state index in [2.05, 4.69) is 25.5 Å². The first-order valence-corrected chi connectivity index (χ1v) is 19.9. The van der Waals surface area contributed by atoms with Crippen molar-refractivity contribution in [3.05, 3.63) is 71.0 Å². The third-order valence-corrected chi connectivity index (χ3v) is 12.2. The number of methoxy groups -OCH3 is 1. The van der Waals surface area contributed by atoms with E-state index < -0.39 is 65.8 Å². The number of nitrogen functional groups attached to an aromatic ring is 1. The third kappa shape index (κ3) is 8.02. The number of rotatable bonds is 9. The summed E-state index contributed by atoms with van der Waals surface area (Å²) in [6.07, 6.45) is -1.43. The molecule has 2 aromatic carbocycles. The van der Waals surface area contributed by atoms with Gasteiger partial charge in [0.15, 0.2) is 11.5 Å². The number of nitrogens with zero attached hydrogens (tertiary/aromatic N) is 5. The topological polar surface area (TPSA) is 179 Å². The highest BCUT2D eigenvalue weighted by molar-refractivity contribution is 6.07. The molecule has 1 aromatic heterocycles. The Morgan fingerprint density at radius 3 is 2.37 bits per heavy atom. The molecule has 316 valence electrons. The first-order valence-electron chi connectivity index (χ1n) is 19.9. The number of alkyl halides is 3. The molecule has 3 aromatic rings. The number of fused-ring (bicyclic) bond motifs is 2. The van der Waals surface area contributed by atoms with Crippen molar-refractivity contribution in [2.24, 2.45) is 11.8 Å². The second kappa shape index (κ2) is 15.9. The van der Waals surface area contributed by atoms with Crippen LogP contribution in [0, 0.1) is 18.8 Å². The minimum absolute atomic E-state index is 0.000802. The second-order valence-electron chi connectivity index (χ2n) is 16.1. The van der Waals surface area contributed by atoms with E-state index in [1.165, 1.54) is 19.3 Å². The highest BCUT2D eigenvalue weighted by Crippen LogP contribution is 2.42. The zero-order chi connectivity index (χ0) is 41.9. The Hall–Kier alpha value is -5.04. The van der Waals surface area contributed by atoms with Gasteiger partial charge in [-0.15, -0.1) is 0 Å². The predicted molar refractivity (Wildman–Crippen MR) is 208 cm³/mol. The van der Waals surface area contributed by atoms with Gasteiger partial charge in [0.05, 0.1) is 47.8 Å². The number of aliphatic hydroxyl groups is 2. The van der Waals surface area contributed by atoms with Gasteiger partial charge in [-0.2, -0.15) is 13.2 Å². The fourth-order valence-corrected chi connectivity index (χ4v) is 9.14. The van der Waals surface area contributed by atoms with E-state index in [0.29, 0.717) is 64.9 Å². The maximum Gasteiger partial charge on any atom is 0.416 e. The van der Waals surface area contributed by atoms with E-state index in [1.807, 2.05) is 4.90 Å². The van der Waals surface area contributed by atoms with Crippen molar-refractivity contribution in [3.8, 4) is 11.5 Å². The van der Waals surface area contributed by atoms with Crippen LogP contribution in [0.25, 0.3) is 10.9 Å². The molecule has 0 radical (unpaired) electrons. The molecule has 5 unspecified atom stereocenters. The quantitative estimate of drug-likeness (QED) is 0.117. The monoisotopic (exact) mass is 824 g/mol. The summed E-state index contributed by atoms with van der Waals surface area (Å²) in [5.41, 5.74) is 6.23. The largest absolute Gasteiger partial charge is 0.493 e. The van der Waals surface area contributed by atoms with Crippen molar-refractivity contribution in [2.75, 3.05) is 44.3 Å². The lowest BCUT2D eigenvalue weighted by atomic mass is 9.88. The molecule has 5 heterocycles. The highest BCUT2D eigenvalue weighted by Gasteiger charge is 2.52. The summed E-state index contributed by atoms with van der Waals surface area (Å²) in [7, 11) is 1.54. The van der Waals surface area contributed by atoms with E-state index in [-0.39, 0.29) is 30.7 Å². The van der Waals surface area contributed by atoms with Crippen molar-refractivity contribution in [3.63, 3.8) is 0 Å². The standard InChI is InChI=1S/C41H48F4N8O6/c1-20(22-12-23(41(43,44)45)14-24(46)13-22)47-37-29-17-35(34(58-3)18-31(29)48-21(2)49-37)59-26-8-11-52(19-26)25-6-9-51(10-7-25)33-16-28-27(15-30(33)42)39(56)53(40(28)57)32-4-5-36(54)50-38(32)55/h12-18,20,25-28,32,36,38,50,54-55H,4-11,19,46H2,1-3H3,(H,47,48,49)/t20-,26+,27?,28?,32?,36?,38?/m1/s1. The van der Waals surface area contributed by atoms with Gasteiger partial charge in [0.25, 0.3) is 0 Å². The third-order valence-electron chi connectivity index (χ3n) is 12.2.